The van der Waals surface area contributed by atoms with E-state index in [4.69, 9.17) is 0 Å². The Kier molecular flexibility index (Phi) is 12.2. The molecule has 59 heavy (non-hydrogen) atoms. The van der Waals surface area contributed by atoms with Crippen molar-refractivity contribution in [1.29, 1.82) is 0 Å². The topological polar surface area (TPSA) is 159 Å². The Bertz CT molecular complexity index is 2310. The number of hydrazine groups is 1. The molecule has 4 heterocycles. The fraction of sp³-hybridized carbons (Fsp3) is 0.295. The van der Waals surface area contributed by atoms with Gasteiger partial charge in [0.2, 0.25) is 11.8 Å². The fourth-order valence-electron chi connectivity index (χ4n) is 7.80. The third kappa shape index (κ3) is 9.06. The number of nitrogens with one attached hydrogen (secondary N) is 3. The van der Waals surface area contributed by atoms with Gasteiger partial charge >= 0.3 is 6.03 Å². The lowest BCUT2D eigenvalue weighted by Crippen LogP contribution is -2.76. The molecular formula is C44H50N10O5. The van der Waals surface area contributed by atoms with E-state index < -0.39 is 18.2 Å². The molecule has 2 aliphatic heterocycles. The molecular weight excluding hydrogens is 749 g/mol. The largest absolute Gasteiger partial charge is 0.508 e. The fourth-order valence-corrected chi connectivity index (χ4v) is 7.80. The average molecular weight is 799 g/mol. The van der Waals surface area contributed by atoms with Gasteiger partial charge in [-0.05, 0) is 55.1 Å². The third-order valence-corrected chi connectivity index (χ3v) is 10.6. The van der Waals surface area contributed by atoms with Crippen molar-refractivity contribution in [3.05, 3.63) is 132 Å². The number of anilines is 2. The van der Waals surface area contributed by atoms with Crippen molar-refractivity contribution in [3.63, 3.8) is 0 Å². The number of urea groups is 1. The van der Waals surface area contributed by atoms with Crippen LogP contribution in [0.4, 0.5) is 16.3 Å². The molecule has 7 rings (SSSR count). The molecule has 15 heteroatoms. The Morgan fingerprint density at radius 2 is 1.76 bits per heavy atom. The second-order valence-electron chi connectivity index (χ2n) is 15.1. The number of aryl methyl sites for hydroxylation is 1. The van der Waals surface area contributed by atoms with Crippen LogP contribution < -0.4 is 16.0 Å². The van der Waals surface area contributed by atoms with Gasteiger partial charge in [0.05, 0.1) is 36.1 Å². The number of aromatic nitrogens is 2. The van der Waals surface area contributed by atoms with Crippen LogP contribution in [0.3, 0.4) is 0 Å². The molecule has 0 spiro atoms. The maximum atomic E-state index is 14.7. The molecule has 2 saturated heterocycles. The van der Waals surface area contributed by atoms with Crippen molar-refractivity contribution >= 4 is 46.2 Å². The first kappa shape index (κ1) is 40.5. The van der Waals surface area contributed by atoms with Gasteiger partial charge in [-0.1, -0.05) is 66.7 Å². The molecule has 2 fully saturated rings. The van der Waals surface area contributed by atoms with Crippen molar-refractivity contribution in [2.24, 2.45) is 7.05 Å². The average Bonchev–Trinajstić information content (AvgIpc) is 3.57. The van der Waals surface area contributed by atoms with Crippen molar-refractivity contribution in [2.75, 3.05) is 57.5 Å². The van der Waals surface area contributed by atoms with E-state index in [2.05, 4.69) is 32.4 Å². The Hall–Kier alpha value is -6.71. The van der Waals surface area contributed by atoms with E-state index >= 15 is 0 Å². The van der Waals surface area contributed by atoms with Crippen LogP contribution in [0, 0.1) is 0 Å². The molecule has 0 saturated carbocycles. The number of carbonyl (C=O) groups is 4. The van der Waals surface area contributed by atoms with E-state index in [0.717, 1.165) is 35.3 Å². The highest BCUT2D eigenvalue weighted by molar-refractivity contribution is 6.13. The first-order chi connectivity index (χ1) is 28.5. The summed E-state index contributed by atoms with van der Waals surface area (Å²) in [7, 11) is 5.86. The number of para-hydroxylation sites is 1. The second-order valence-corrected chi connectivity index (χ2v) is 15.1. The number of likely N-dealkylation sites (N-methyl/N-ethyl adjacent to an activating group) is 1. The molecule has 4 N–H and O–H groups in total. The van der Waals surface area contributed by atoms with Crippen molar-refractivity contribution in [2.45, 2.75) is 31.7 Å². The molecule has 2 aromatic heterocycles. The monoisotopic (exact) mass is 798 g/mol. The molecule has 5 amide bonds. The predicted molar refractivity (Wildman–Crippen MR) is 226 cm³/mol. The SMILES string of the molecule is C=CCN1CC(=O)N2[C@@H](Cc3ccc(O)cc3)C(=O)N(Cc3cccc4c(C(=O)Nc5ccc(NCCN(C)C)nc5)cn(C)c34)C[C@@H]2N1C(=O)NCc1ccccc1. The van der Waals surface area contributed by atoms with Gasteiger partial charge in [-0.3, -0.25) is 14.4 Å². The number of nitrogens with zero attached hydrogens (tertiary/aromatic N) is 7. The maximum absolute atomic E-state index is 14.7. The first-order valence-corrected chi connectivity index (χ1v) is 19.6. The second kappa shape index (κ2) is 17.8. The predicted octanol–water partition coefficient (Wildman–Crippen LogP) is 4.24. The minimum atomic E-state index is -0.946. The van der Waals surface area contributed by atoms with Gasteiger partial charge in [-0.15, -0.1) is 6.58 Å². The molecule has 3 aromatic carbocycles. The zero-order valence-electron chi connectivity index (χ0n) is 33.5. The number of pyridine rings is 1. The maximum Gasteiger partial charge on any atom is 0.334 e. The number of hydrogen-bond acceptors (Lipinski definition) is 9. The smallest absolute Gasteiger partial charge is 0.334 e. The first-order valence-electron chi connectivity index (χ1n) is 19.6. The number of amides is 5. The minimum Gasteiger partial charge on any atom is -0.508 e. The highest BCUT2D eigenvalue weighted by Crippen LogP contribution is 2.32. The van der Waals surface area contributed by atoms with Gasteiger partial charge < -0.3 is 40.3 Å². The summed E-state index contributed by atoms with van der Waals surface area (Å²) in [4.78, 5) is 66.4. The minimum absolute atomic E-state index is 0.0319. The van der Waals surface area contributed by atoms with Crippen LogP contribution in [-0.2, 0) is 36.1 Å². The van der Waals surface area contributed by atoms with Crippen LogP contribution in [0.1, 0.15) is 27.0 Å². The van der Waals surface area contributed by atoms with Gasteiger partial charge in [0.1, 0.15) is 23.8 Å². The van der Waals surface area contributed by atoms with Gasteiger partial charge in [0.15, 0.2) is 0 Å². The molecule has 0 bridgehead atoms. The lowest BCUT2D eigenvalue weighted by atomic mass is 9.98. The number of phenolic OH excluding ortho intramolecular Hbond substituents is 1. The summed E-state index contributed by atoms with van der Waals surface area (Å²) in [5, 5.41) is 23.2. The summed E-state index contributed by atoms with van der Waals surface area (Å²) >= 11 is 0. The third-order valence-electron chi connectivity index (χ3n) is 10.6. The van der Waals surface area contributed by atoms with Crippen LogP contribution >= 0.6 is 0 Å². The zero-order valence-corrected chi connectivity index (χ0v) is 33.5. The van der Waals surface area contributed by atoms with E-state index in [1.165, 1.54) is 0 Å². The van der Waals surface area contributed by atoms with Crippen LogP contribution in [-0.4, -0.2) is 122 Å². The van der Waals surface area contributed by atoms with Gasteiger partial charge in [-0.2, -0.15) is 0 Å². The number of aromatic hydroxyl groups is 1. The highest BCUT2D eigenvalue weighted by atomic mass is 16.3. The summed E-state index contributed by atoms with van der Waals surface area (Å²) in [6.07, 6.45) is 4.35. The van der Waals surface area contributed by atoms with E-state index in [9.17, 15) is 24.3 Å². The number of carbonyl (C=O) groups excluding carboxylic acids is 4. The molecule has 5 aromatic rings. The zero-order chi connectivity index (χ0) is 41.6. The number of benzene rings is 3. The molecule has 0 radical (unpaired) electrons. The number of piperazine rings is 1. The number of rotatable bonds is 14. The van der Waals surface area contributed by atoms with Crippen molar-refractivity contribution in [1.82, 2.24) is 39.6 Å². The summed E-state index contributed by atoms with van der Waals surface area (Å²) in [6.45, 7) is 6.01. The molecule has 2 atom stereocenters. The van der Waals surface area contributed by atoms with E-state index in [1.807, 2.05) is 80.3 Å². The summed E-state index contributed by atoms with van der Waals surface area (Å²) in [5.41, 5.74) is 4.22. The van der Waals surface area contributed by atoms with E-state index in [-0.39, 0.29) is 62.6 Å². The Morgan fingerprint density at radius 3 is 2.47 bits per heavy atom. The normalized spacial score (nSPS) is 17.0. The summed E-state index contributed by atoms with van der Waals surface area (Å²) < 4.78 is 1.88. The van der Waals surface area contributed by atoms with Gasteiger partial charge in [0, 0.05) is 57.8 Å². The van der Waals surface area contributed by atoms with Crippen LogP contribution in [0.25, 0.3) is 10.9 Å². The number of hydrogen-bond donors (Lipinski definition) is 4. The van der Waals surface area contributed by atoms with Gasteiger partial charge in [0.25, 0.3) is 5.91 Å². The molecule has 2 aliphatic rings. The standard InChI is InChI=1S/C44H50N10O5/c1-5-21-52-29-40(56)53-37(23-30-14-17-34(55)18-15-30)43(58)51(28-39(53)54(52)44(59)47-24-31-10-7-6-8-11-31)26-32-12-9-13-35-36(27-50(4)41(32)35)42(57)48-33-16-19-38(46-25-33)45-20-22-49(2)3/h5-19,25,27,37,39,55H,1,20-24,26,28-29H2,2-4H3,(H,45,46)(H,47,59)(H,48,57)/t37-,39-/m0/s1. The quantitative estimate of drug-likeness (QED) is 0.121. The lowest BCUT2D eigenvalue weighted by Gasteiger charge is -2.55. The number of fused-ring (bicyclic) bond motifs is 2. The van der Waals surface area contributed by atoms with Crippen LogP contribution in [0.2, 0.25) is 0 Å². The molecule has 0 unspecified atom stereocenters. The molecule has 0 aliphatic carbocycles. The van der Waals surface area contributed by atoms with Crippen molar-refractivity contribution in [3.8, 4) is 5.75 Å². The number of phenols is 1. The lowest BCUT2D eigenvalue weighted by molar-refractivity contribution is -0.189. The summed E-state index contributed by atoms with van der Waals surface area (Å²) in [5.74, 6) is -0.0727. The van der Waals surface area contributed by atoms with Gasteiger partial charge in [-0.25, -0.2) is 19.8 Å². The van der Waals surface area contributed by atoms with Crippen molar-refractivity contribution < 1.29 is 24.3 Å². The van der Waals surface area contributed by atoms with E-state index in [1.54, 1.807) is 68.6 Å². The Morgan fingerprint density at radius 1 is 0.983 bits per heavy atom. The van der Waals surface area contributed by atoms with Crippen LogP contribution in [0.15, 0.2) is 110 Å². The van der Waals surface area contributed by atoms with Crippen LogP contribution in [0.5, 0.6) is 5.75 Å². The van der Waals surface area contributed by atoms with E-state index in [0.29, 0.717) is 22.5 Å². The molecule has 15 nitrogen and oxygen atoms in total. The summed E-state index contributed by atoms with van der Waals surface area (Å²) in [6, 6.07) is 24.0. The Balaban J connectivity index is 1.18. The molecule has 306 valence electrons. The Labute approximate surface area is 343 Å². The highest BCUT2D eigenvalue weighted by Gasteiger charge is 2.51.